The van der Waals surface area contributed by atoms with Gasteiger partial charge in [-0.1, -0.05) is 0 Å². The van der Waals surface area contributed by atoms with Crippen molar-refractivity contribution >= 4 is 0 Å². The molecular formula is C9H12F2N2O2. The minimum Gasteiger partial charge on any atom is -0.493 e. The Morgan fingerprint density at radius 3 is 2.47 bits per heavy atom. The summed E-state index contributed by atoms with van der Waals surface area (Å²) in [5.74, 6) is 0.507. The van der Waals surface area contributed by atoms with E-state index < -0.39 is 6.43 Å². The number of halogens is 2. The number of ether oxygens (including phenoxy) is 2. The highest BCUT2D eigenvalue weighted by Crippen LogP contribution is 2.33. The van der Waals surface area contributed by atoms with E-state index in [-0.39, 0.29) is 23.7 Å². The van der Waals surface area contributed by atoms with Crippen LogP contribution >= 0.6 is 0 Å². The third-order valence-electron chi connectivity index (χ3n) is 1.87. The first-order chi connectivity index (χ1) is 7.13. The van der Waals surface area contributed by atoms with Crippen LogP contribution in [0.4, 0.5) is 8.78 Å². The van der Waals surface area contributed by atoms with E-state index in [1.54, 1.807) is 0 Å². The molecule has 0 aliphatic carbocycles. The van der Waals surface area contributed by atoms with Crippen LogP contribution < -0.4 is 15.2 Å². The summed E-state index contributed by atoms with van der Waals surface area (Å²) in [5.41, 5.74) is 5.27. The third kappa shape index (κ3) is 2.33. The minimum absolute atomic E-state index is 0.0140. The molecule has 0 fully saturated rings. The lowest BCUT2D eigenvalue weighted by atomic mass is 10.2. The fourth-order valence-corrected chi connectivity index (χ4v) is 1.20. The Kier molecular flexibility index (Phi) is 3.79. The van der Waals surface area contributed by atoms with Crippen molar-refractivity contribution in [1.82, 2.24) is 4.98 Å². The minimum atomic E-state index is -2.66. The summed E-state index contributed by atoms with van der Waals surface area (Å²) in [5, 5.41) is 0. The first-order valence-corrected chi connectivity index (χ1v) is 4.24. The Morgan fingerprint density at radius 1 is 1.40 bits per heavy atom. The van der Waals surface area contributed by atoms with Gasteiger partial charge in [0.1, 0.15) is 11.4 Å². The third-order valence-corrected chi connectivity index (χ3v) is 1.87. The van der Waals surface area contributed by atoms with Crippen molar-refractivity contribution in [2.45, 2.75) is 13.0 Å². The molecule has 1 rings (SSSR count). The fraction of sp³-hybridized carbons (Fsp3) is 0.444. The zero-order chi connectivity index (χ0) is 11.4. The highest BCUT2D eigenvalue weighted by molar-refractivity contribution is 5.44. The van der Waals surface area contributed by atoms with Crippen molar-refractivity contribution in [3.05, 3.63) is 17.5 Å². The molecule has 1 aromatic rings. The van der Waals surface area contributed by atoms with Crippen molar-refractivity contribution in [2.24, 2.45) is 5.73 Å². The number of rotatable bonds is 4. The van der Waals surface area contributed by atoms with Crippen LogP contribution in [-0.4, -0.2) is 19.2 Å². The van der Waals surface area contributed by atoms with Crippen molar-refractivity contribution in [2.75, 3.05) is 14.2 Å². The molecule has 0 aliphatic rings. The largest absolute Gasteiger partial charge is 0.493 e. The molecule has 1 heterocycles. The molecule has 0 atom stereocenters. The summed E-state index contributed by atoms with van der Waals surface area (Å²) in [7, 11) is 2.77. The summed E-state index contributed by atoms with van der Waals surface area (Å²) in [6.45, 7) is 0.0140. The molecule has 0 aromatic carbocycles. The van der Waals surface area contributed by atoms with Gasteiger partial charge in [-0.15, -0.1) is 0 Å². The van der Waals surface area contributed by atoms with Gasteiger partial charge in [0.05, 0.1) is 14.2 Å². The summed E-state index contributed by atoms with van der Waals surface area (Å²) in [6, 6.07) is 1.14. The number of hydrogen-bond donors (Lipinski definition) is 1. The molecule has 6 heteroatoms. The van der Waals surface area contributed by atoms with E-state index in [1.807, 2.05) is 0 Å². The Balaban J connectivity index is 3.29. The molecule has 0 aliphatic heterocycles. The smallest absolute Gasteiger partial charge is 0.280 e. The second-order valence-corrected chi connectivity index (χ2v) is 2.73. The van der Waals surface area contributed by atoms with E-state index in [0.717, 1.165) is 6.07 Å². The number of methoxy groups -OCH3 is 2. The maximum atomic E-state index is 12.4. The van der Waals surface area contributed by atoms with Gasteiger partial charge in [-0.2, -0.15) is 0 Å². The first-order valence-electron chi connectivity index (χ1n) is 4.24. The standard InChI is InChI=1S/C9H12F2N2O2/c1-14-7-3-5(9(10)11)13-6(4-12)8(7)15-2/h3,9H,4,12H2,1-2H3. The molecule has 1 aromatic heterocycles. The lowest BCUT2D eigenvalue weighted by Gasteiger charge is -2.12. The summed E-state index contributed by atoms with van der Waals surface area (Å²) < 4.78 is 34.8. The lowest BCUT2D eigenvalue weighted by molar-refractivity contribution is 0.145. The summed E-state index contributed by atoms with van der Waals surface area (Å²) in [6.07, 6.45) is -2.66. The Labute approximate surface area is 86.0 Å². The SMILES string of the molecule is COc1cc(C(F)F)nc(CN)c1OC. The van der Waals surface area contributed by atoms with Crippen LogP contribution in [0.1, 0.15) is 17.8 Å². The zero-order valence-electron chi connectivity index (χ0n) is 8.46. The van der Waals surface area contributed by atoms with E-state index >= 15 is 0 Å². The molecule has 0 saturated heterocycles. The van der Waals surface area contributed by atoms with E-state index in [4.69, 9.17) is 15.2 Å². The van der Waals surface area contributed by atoms with Crippen LogP contribution in [-0.2, 0) is 6.54 Å². The molecule has 0 bridgehead atoms. The Morgan fingerprint density at radius 2 is 2.07 bits per heavy atom. The maximum absolute atomic E-state index is 12.4. The average molecular weight is 218 g/mol. The zero-order valence-corrected chi connectivity index (χ0v) is 8.46. The van der Waals surface area contributed by atoms with Crippen LogP contribution in [0, 0.1) is 0 Å². The summed E-state index contributed by atoms with van der Waals surface area (Å²) >= 11 is 0. The van der Waals surface area contributed by atoms with Gasteiger partial charge in [0.2, 0.25) is 0 Å². The number of hydrogen-bond acceptors (Lipinski definition) is 4. The normalized spacial score (nSPS) is 10.5. The van der Waals surface area contributed by atoms with Crippen molar-refractivity contribution in [3.8, 4) is 11.5 Å². The predicted octanol–water partition coefficient (Wildman–Crippen LogP) is 1.50. The summed E-state index contributed by atoms with van der Waals surface area (Å²) in [4.78, 5) is 3.69. The molecule has 0 unspecified atom stereocenters. The predicted molar refractivity (Wildman–Crippen MR) is 50.2 cm³/mol. The number of aromatic nitrogens is 1. The average Bonchev–Trinajstić information content (AvgIpc) is 2.26. The maximum Gasteiger partial charge on any atom is 0.280 e. The van der Waals surface area contributed by atoms with Crippen LogP contribution in [0.5, 0.6) is 11.5 Å². The quantitative estimate of drug-likeness (QED) is 0.831. The van der Waals surface area contributed by atoms with Crippen molar-refractivity contribution < 1.29 is 18.3 Å². The van der Waals surface area contributed by atoms with Gasteiger partial charge in [0.15, 0.2) is 11.5 Å². The van der Waals surface area contributed by atoms with E-state index in [1.165, 1.54) is 14.2 Å². The topological polar surface area (TPSA) is 57.4 Å². The molecule has 0 radical (unpaired) electrons. The second-order valence-electron chi connectivity index (χ2n) is 2.73. The number of nitrogens with two attached hydrogens (primary N) is 1. The van der Waals surface area contributed by atoms with E-state index in [9.17, 15) is 8.78 Å². The van der Waals surface area contributed by atoms with Gasteiger partial charge in [-0.3, -0.25) is 0 Å². The van der Waals surface area contributed by atoms with Crippen LogP contribution in [0.2, 0.25) is 0 Å². The van der Waals surface area contributed by atoms with E-state index in [2.05, 4.69) is 4.98 Å². The van der Waals surface area contributed by atoms with Crippen LogP contribution in [0.3, 0.4) is 0 Å². The van der Waals surface area contributed by atoms with Gasteiger partial charge >= 0.3 is 0 Å². The molecule has 4 nitrogen and oxygen atoms in total. The van der Waals surface area contributed by atoms with Gasteiger partial charge in [-0.25, -0.2) is 13.8 Å². The molecule has 0 saturated carbocycles. The van der Waals surface area contributed by atoms with Crippen LogP contribution in [0.15, 0.2) is 6.07 Å². The molecule has 0 amide bonds. The Bertz CT molecular complexity index is 320. The van der Waals surface area contributed by atoms with Crippen molar-refractivity contribution in [1.29, 1.82) is 0 Å². The molecule has 0 spiro atoms. The molecule has 84 valence electrons. The highest BCUT2D eigenvalue weighted by Gasteiger charge is 2.17. The Hall–Kier alpha value is -1.43. The fourth-order valence-electron chi connectivity index (χ4n) is 1.20. The molecule has 15 heavy (non-hydrogen) atoms. The van der Waals surface area contributed by atoms with Gasteiger partial charge < -0.3 is 15.2 Å². The monoisotopic (exact) mass is 218 g/mol. The highest BCUT2D eigenvalue weighted by atomic mass is 19.3. The van der Waals surface area contributed by atoms with Gasteiger partial charge in [0, 0.05) is 12.6 Å². The number of nitrogens with zero attached hydrogens (tertiary/aromatic N) is 1. The molecular weight excluding hydrogens is 206 g/mol. The van der Waals surface area contributed by atoms with Gasteiger partial charge in [0.25, 0.3) is 6.43 Å². The number of alkyl halides is 2. The van der Waals surface area contributed by atoms with Crippen LogP contribution in [0.25, 0.3) is 0 Å². The lowest BCUT2D eigenvalue weighted by Crippen LogP contribution is -2.07. The van der Waals surface area contributed by atoms with Gasteiger partial charge in [-0.05, 0) is 0 Å². The first kappa shape index (κ1) is 11.6. The number of pyridine rings is 1. The van der Waals surface area contributed by atoms with Crippen molar-refractivity contribution in [3.63, 3.8) is 0 Å². The second kappa shape index (κ2) is 4.88. The van der Waals surface area contributed by atoms with E-state index in [0.29, 0.717) is 5.75 Å². The molecule has 2 N–H and O–H groups in total.